The van der Waals surface area contributed by atoms with Crippen molar-refractivity contribution in [1.82, 2.24) is 20.1 Å². The van der Waals surface area contributed by atoms with Crippen LogP contribution in [-0.4, -0.2) is 37.8 Å². The first-order chi connectivity index (χ1) is 13.8. The van der Waals surface area contributed by atoms with Gasteiger partial charge in [-0.05, 0) is 37.0 Å². The Labute approximate surface area is 167 Å². The van der Waals surface area contributed by atoms with E-state index in [1.165, 1.54) is 0 Å². The number of benzene rings is 1. The first kappa shape index (κ1) is 20.3. The van der Waals surface area contributed by atoms with Gasteiger partial charge in [0.2, 0.25) is 5.91 Å². The van der Waals surface area contributed by atoms with Crippen LogP contribution in [0.4, 0.5) is 0 Å². The Morgan fingerprint density at radius 2 is 1.93 bits per heavy atom. The third kappa shape index (κ3) is 4.37. The summed E-state index contributed by atoms with van der Waals surface area (Å²) < 4.78 is 1.58. The number of aromatic amines is 1. The van der Waals surface area contributed by atoms with Gasteiger partial charge in [0, 0.05) is 25.6 Å². The number of hydrogen-bond acceptors (Lipinski definition) is 4. The highest BCUT2D eigenvalue weighted by Crippen LogP contribution is 2.21. The molecule has 152 valence electrons. The molecule has 1 atom stereocenters. The number of carboxylic acid groups (broad SMARTS) is 1. The summed E-state index contributed by atoms with van der Waals surface area (Å²) in [7, 11) is 1.72. The molecule has 2 heterocycles. The lowest BCUT2D eigenvalue weighted by molar-refractivity contribution is -0.141. The number of hydrogen-bond donors (Lipinski definition) is 3. The maximum Gasteiger partial charge on any atom is 0.326 e. The molecule has 3 N–H and O–H groups in total. The van der Waals surface area contributed by atoms with E-state index in [2.05, 4.69) is 15.4 Å². The van der Waals surface area contributed by atoms with E-state index in [1.807, 2.05) is 44.2 Å². The first-order valence-electron chi connectivity index (χ1n) is 9.38. The smallest absolute Gasteiger partial charge is 0.326 e. The average molecular weight is 396 g/mol. The van der Waals surface area contributed by atoms with Crippen LogP contribution in [0.2, 0.25) is 0 Å². The molecule has 3 aromatic rings. The molecular formula is C21H24N4O4. The van der Waals surface area contributed by atoms with Crippen LogP contribution in [0.1, 0.15) is 28.8 Å². The Bertz CT molecular complexity index is 1120. The number of carbonyl (C=O) groups excluding carboxylic acids is 1. The van der Waals surface area contributed by atoms with E-state index in [0.717, 1.165) is 22.4 Å². The predicted molar refractivity (Wildman–Crippen MR) is 109 cm³/mol. The summed E-state index contributed by atoms with van der Waals surface area (Å²) in [5, 5.41) is 15.2. The van der Waals surface area contributed by atoms with Gasteiger partial charge in [-0.15, -0.1) is 0 Å². The highest BCUT2D eigenvalue weighted by molar-refractivity contribution is 5.84. The molecule has 0 saturated carbocycles. The molecule has 1 amide bonds. The monoisotopic (exact) mass is 396 g/mol. The molecule has 0 radical (unpaired) electrons. The summed E-state index contributed by atoms with van der Waals surface area (Å²) in [5.74, 6) is -1.43. The van der Waals surface area contributed by atoms with Crippen molar-refractivity contribution in [3.05, 3.63) is 63.1 Å². The Morgan fingerprint density at radius 1 is 1.24 bits per heavy atom. The van der Waals surface area contributed by atoms with E-state index in [-0.39, 0.29) is 24.3 Å². The van der Waals surface area contributed by atoms with Crippen molar-refractivity contribution in [1.29, 1.82) is 0 Å². The largest absolute Gasteiger partial charge is 0.480 e. The van der Waals surface area contributed by atoms with Crippen LogP contribution >= 0.6 is 0 Å². The molecule has 3 rings (SSSR count). The number of aliphatic carboxylic acids is 1. The Balaban J connectivity index is 1.72. The molecule has 0 aliphatic heterocycles. The lowest BCUT2D eigenvalue weighted by atomic mass is 10.00. The molecule has 0 aliphatic rings. The van der Waals surface area contributed by atoms with Gasteiger partial charge in [0.1, 0.15) is 6.04 Å². The van der Waals surface area contributed by atoms with Gasteiger partial charge in [0.05, 0.1) is 5.39 Å². The molecule has 1 aromatic carbocycles. The third-order valence-corrected chi connectivity index (χ3v) is 5.09. The van der Waals surface area contributed by atoms with Gasteiger partial charge in [-0.1, -0.05) is 30.3 Å². The number of H-pyrrole nitrogens is 1. The second-order valence-corrected chi connectivity index (χ2v) is 7.15. The summed E-state index contributed by atoms with van der Waals surface area (Å²) >= 11 is 0. The van der Waals surface area contributed by atoms with Crippen molar-refractivity contribution in [2.24, 2.45) is 7.05 Å². The molecule has 8 nitrogen and oxygen atoms in total. The summed E-state index contributed by atoms with van der Waals surface area (Å²) in [4.78, 5) is 40.6. The van der Waals surface area contributed by atoms with E-state index in [9.17, 15) is 19.5 Å². The zero-order valence-electron chi connectivity index (χ0n) is 16.7. The minimum Gasteiger partial charge on any atom is -0.480 e. The molecule has 2 aromatic heterocycles. The van der Waals surface area contributed by atoms with Crippen LogP contribution in [0.3, 0.4) is 0 Å². The number of carbonyl (C=O) groups is 2. The summed E-state index contributed by atoms with van der Waals surface area (Å²) in [6.07, 6.45) is 0.698. The molecule has 0 unspecified atom stereocenters. The Kier molecular flexibility index (Phi) is 5.81. The van der Waals surface area contributed by atoms with E-state index >= 15 is 0 Å². The van der Waals surface area contributed by atoms with Crippen LogP contribution in [0.15, 0.2) is 35.1 Å². The second-order valence-electron chi connectivity index (χ2n) is 7.15. The molecular weight excluding hydrogens is 372 g/mol. The van der Waals surface area contributed by atoms with Crippen molar-refractivity contribution < 1.29 is 14.7 Å². The molecule has 0 bridgehead atoms. The van der Waals surface area contributed by atoms with Crippen LogP contribution in [0.25, 0.3) is 11.0 Å². The predicted octanol–water partition coefficient (Wildman–Crippen LogP) is 1.62. The number of nitrogens with zero attached hydrogens (tertiary/aromatic N) is 2. The standard InChI is InChI=1S/C21H24N4O4/c1-12-15(13(2)22-19-18(12)20(27)24-25(19)3)9-10-17(26)23-16(21(28)29)11-14-7-5-4-6-8-14/h4-8,16H,9-11H2,1-3H3,(H,23,26)(H,24,27)(H,28,29)/t16-/m0/s1. The molecule has 8 heteroatoms. The number of fused-ring (bicyclic) bond motifs is 1. The van der Waals surface area contributed by atoms with Crippen molar-refractivity contribution in [2.45, 2.75) is 39.2 Å². The zero-order chi connectivity index (χ0) is 21.1. The second kappa shape index (κ2) is 8.30. The minimum absolute atomic E-state index is 0.109. The van der Waals surface area contributed by atoms with Gasteiger partial charge in [0.15, 0.2) is 5.65 Å². The van der Waals surface area contributed by atoms with E-state index in [1.54, 1.807) is 11.7 Å². The number of nitrogens with one attached hydrogen (secondary N) is 2. The zero-order valence-corrected chi connectivity index (χ0v) is 16.7. The SMILES string of the molecule is Cc1nc2c(c(C)c1CCC(=O)N[C@@H](Cc1ccccc1)C(=O)O)c(=O)[nH]n2C. The number of aryl methyl sites for hydroxylation is 3. The lowest BCUT2D eigenvalue weighted by Gasteiger charge is -2.15. The van der Waals surface area contributed by atoms with Gasteiger partial charge in [-0.25, -0.2) is 9.78 Å². The van der Waals surface area contributed by atoms with Crippen LogP contribution < -0.4 is 10.9 Å². The number of pyridine rings is 1. The van der Waals surface area contributed by atoms with Crippen molar-refractivity contribution in [2.75, 3.05) is 0 Å². The van der Waals surface area contributed by atoms with Crippen LogP contribution in [0.5, 0.6) is 0 Å². The maximum atomic E-state index is 12.4. The molecule has 29 heavy (non-hydrogen) atoms. The van der Waals surface area contributed by atoms with Gasteiger partial charge in [-0.3, -0.25) is 19.4 Å². The van der Waals surface area contributed by atoms with Crippen molar-refractivity contribution in [3.8, 4) is 0 Å². The molecule has 0 spiro atoms. The molecule has 0 fully saturated rings. The van der Waals surface area contributed by atoms with E-state index in [4.69, 9.17) is 0 Å². The normalized spacial score (nSPS) is 12.1. The first-order valence-corrected chi connectivity index (χ1v) is 9.38. The Morgan fingerprint density at radius 3 is 2.59 bits per heavy atom. The fourth-order valence-electron chi connectivity index (χ4n) is 3.57. The third-order valence-electron chi connectivity index (χ3n) is 5.09. The van der Waals surface area contributed by atoms with Gasteiger partial charge < -0.3 is 10.4 Å². The summed E-state index contributed by atoms with van der Waals surface area (Å²) in [6.45, 7) is 3.68. The molecule has 0 saturated heterocycles. The lowest BCUT2D eigenvalue weighted by Crippen LogP contribution is -2.42. The van der Waals surface area contributed by atoms with Crippen LogP contribution in [-0.2, 0) is 29.5 Å². The highest BCUT2D eigenvalue weighted by Gasteiger charge is 2.21. The quantitative estimate of drug-likeness (QED) is 0.561. The van der Waals surface area contributed by atoms with Crippen LogP contribution in [0, 0.1) is 13.8 Å². The fourth-order valence-corrected chi connectivity index (χ4v) is 3.57. The van der Waals surface area contributed by atoms with Gasteiger partial charge >= 0.3 is 5.97 Å². The average Bonchev–Trinajstić information content (AvgIpc) is 2.95. The summed E-state index contributed by atoms with van der Waals surface area (Å²) in [5.41, 5.74) is 3.57. The van der Waals surface area contributed by atoms with Crippen molar-refractivity contribution >= 4 is 22.9 Å². The van der Waals surface area contributed by atoms with E-state index in [0.29, 0.717) is 17.5 Å². The van der Waals surface area contributed by atoms with Gasteiger partial charge in [0.25, 0.3) is 5.56 Å². The van der Waals surface area contributed by atoms with Crippen molar-refractivity contribution in [3.63, 3.8) is 0 Å². The fraction of sp³-hybridized carbons (Fsp3) is 0.333. The number of rotatable bonds is 7. The Hall–Kier alpha value is -3.42. The topological polar surface area (TPSA) is 117 Å². The molecule has 0 aliphatic carbocycles. The minimum atomic E-state index is -1.08. The number of carboxylic acids is 1. The number of amides is 1. The van der Waals surface area contributed by atoms with Gasteiger partial charge in [-0.2, -0.15) is 0 Å². The maximum absolute atomic E-state index is 12.4. The summed E-state index contributed by atoms with van der Waals surface area (Å²) in [6, 6.07) is 8.17. The van der Waals surface area contributed by atoms with E-state index < -0.39 is 12.0 Å². The highest BCUT2D eigenvalue weighted by atomic mass is 16.4. The number of aromatic nitrogens is 3.